The maximum atomic E-state index is 13.3. The van der Waals surface area contributed by atoms with Crippen LogP contribution in [0.4, 0.5) is 4.39 Å². The molecular formula is C12H12BrFO3. The van der Waals surface area contributed by atoms with Gasteiger partial charge < -0.3 is 4.74 Å². The molecule has 0 aliphatic carbocycles. The molecule has 3 nitrogen and oxygen atoms in total. The summed E-state index contributed by atoms with van der Waals surface area (Å²) in [5.74, 6) is -1.53. The fourth-order valence-corrected chi connectivity index (χ4v) is 1.64. The van der Waals surface area contributed by atoms with Crippen molar-refractivity contribution in [2.45, 2.75) is 26.4 Å². The van der Waals surface area contributed by atoms with Gasteiger partial charge in [-0.1, -0.05) is 0 Å². The van der Waals surface area contributed by atoms with Crippen molar-refractivity contribution in [2.75, 3.05) is 0 Å². The molecule has 0 spiro atoms. The average Bonchev–Trinajstić information content (AvgIpc) is 2.19. The van der Waals surface area contributed by atoms with E-state index in [1.54, 1.807) is 0 Å². The van der Waals surface area contributed by atoms with Gasteiger partial charge in [0.05, 0.1) is 4.47 Å². The first-order valence-electron chi connectivity index (χ1n) is 4.93. The zero-order valence-corrected chi connectivity index (χ0v) is 11.3. The van der Waals surface area contributed by atoms with E-state index in [9.17, 15) is 14.0 Å². The van der Waals surface area contributed by atoms with Gasteiger partial charge in [-0.05, 0) is 48.0 Å². The van der Waals surface area contributed by atoms with Crippen molar-refractivity contribution in [3.8, 4) is 0 Å². The van der Waals surface area contributed by atoms with E-state index < -0.39 is 23.2 Å². The molecule has 5 heteroatoms. The quantitative estimate of drug-likeness (QED) is 0.636. The molecule has 1 rings (SSSR count). The maximum absolute atomic E-state index is 13.3. The van der Waals surface area contributed by atoms with Crippen LogP contribution in [-0.4, -0.2) is 17.4 Å². The molecule has 1 aromatic carbocycles. The Morgan fingerprint density at radius 3 is 2.41 bits per heavy atom. The van der Waals surface area contributed by atoms with Gasteiger partial charge in [0.1, 0.15) is 5.82 Å². The van der Waals surface area contributed by atoms with E-state index in [4.69, 9.17) is 4.74 Å². The highest BCUT2D eigenvalue weighted by Gasteiger charge is 2.32. The number of esters is 1. The van der Waals surface area contributed by atoms with Crippen LogP contribution >= 0.6 is 15.9 Å². The molecule has 0 saturated carbocycles. The number of carbonyl (C=O) groups excluding carboxylic acids is 2. The Kier molecular flexibility index (Phi) is 4.03. The average molecular weight is 303 g/mol. The van der Waals surface area contributed by atoms with Crippen molar-refractivity contribution in [1.82, 2.24) is 0 Å². The van der Waals surface area contributed by atoms with Gasteiger partial charge in [-0.15, -0.1) is 0 Å². The topological polar surface area (TPSA) is 43.4 Å². The molecule has 0 aromatic heterocycles. The SMILES string of the molecule is CC(=O)OC(C)(C)C(=O)c1ccc(Br)c(F)c1. The summed E-state index contributed by atoms with van der Waals surface area (Å²) in [5.41, 5.74) is -1.14. The highest BCUT2D eigenvalue weighted by molar-refractivity contribution is 9.10. The lowest BCUT2D eigenvalue weighted by molar-refractivity contribution is -0.149. The summed E-state index contributed by atoms with van der Waals surface area (Å²) in [6.45, 7) is 4.16. The standard InChI is InChI=1S/C12H12BrFO3/c1-7(15)17-12(2,3)11(16)8-4-5-9(13)10(14)6-8/h4-6H,1-3H3. The van der Waals surface area contributed by atoms with Crippen LogP contribution in [0.5, 0.6) is 0 Å². The minimum atomic E-state index is -1.30. The number of hydrogen-bond acceptors (Lipinski definition) is 3. The summed E-state index contributed by atoms with van der Waals surface area (Å²) in [5, 5.41) is 0. The summed E-state index contributed by atoms with van der Waals surface area (Å²) >= 11 is 3.00. The third-order valence-electron chi connectivity index (χ3n) is 2.13. The molecule has 1 aromatic rings. The summed E-state index contributed by atoms with van der Waals surface area (Å²) in [6.07, 6.45) is 0. The van der Waals surface area contributed by atoms with Gasteiger partial charge in [0.2, 0.25) is 5.78 Å². The Hall–Kier alpha value is -1.23. The lowest BCUT2D eigenvalue weighted by atomic mass is 9.96. The molecule has 0 fully saturated rings. The second-order valence-electron chi connectivity index (χ2n) is 4.06. The van der Waals surface area contributed by atoms with Crippen LogP contribution in [-0.2, 0) is 9.53 Å². The van der Waals surface area contributed by atoms with Crippen LogP contribution in [0.2, 0.25) is 0 Å². The van der Waals surface area contributed by atoms with Gasteiger partial charge >= 0.3 is 5.97 Å². The minimum absolute atomic E-state index is 0.164. The highest BCUT2D eigenvalue weighted by atomic mass is 79.9. The molecule has 0 heterocycles. The normalized spacial score (nSPS) is 11.1. The second kappa shape index (κ2) is 4.96. The number of benzene rings is 1. The smallest absolute Gasteiger partial charge is 0.303 e. The van der Waals surface area contributed by atoms with Crippen LogP contribution in [0.25, 0.3) is 0 Å². The maximum Gasteiger partial charge on any atom is 0.303 e. The molecule has 0 N–H and O–H groups in total. The van der Waals surface area contributed by atoms with Crippen molar-refractivity contribution in [1.29, 1.82) is 0 Å². The first-order valence-corrected chi connectivity index (χ1v) is 5.73. The third kappa shape index (κ3) is 3.36. The van der Waals surface area contributed by atoms with Gasteiger partial charge in [0.25, 0.3) is 0 Å². The van der Waals surface area contributed by atoms with Gasteiger partial charge in [0.15, 0.2) is 5.60 Å². The van der Waals surface area contributed by atoms with Crippen molar-refractivity contribution < 1.29 is 18.7 Å². The van der Waals surface area contributed by atoms with Gasteiger partial charge in [0, 0.05) is 12.5 Å². The van der Waals surface area contributed by atoms with E-state index in [1.807, 2.05) is 0 Å². The largest absolute Gasteiger partial charge is 0.451 e. The van der Waals surface area contributed by atoms with Crippen LogP contribution in [0.1, 0.15) is 31.1 Å². The summed E-state index contributed by atoms with van der Waals surface area (Å²) in [7, 11) is 0. The van der Waals surface area contributed by atoms with Crippen LogP contribution < -0.4 is 0 Å². The second-order valence-corrected chi connectivity index (χ2v) is 4.92. The van der Waals surface area contributed by atoms with E-state index in [0.29, 0.717) is 0 Å². The molecule has 0 saturated heterocycles. The third-order valence-corrected chi connectivity index (χ3v) is 2.77. The number of Topliss-reactive ketones (excluding diaryl/α,β-unsaturated/α-hetero) is 1. The molecule has 92 valence electrons. The molecule has 0 radical (unpaired) electrons. The summed E-state index contributed by atoms with van der Waals surface area (Å²) in [4.78, 5) is 22.9. The zero-order valence-electron chi connectivity index (χ0n) is 9.71. The minimum Gasteiger partial charge on any atom is -0.451 e. The van der Waals surface area contributed by atoms with Gasteiger partial charge in [-0.25, -0.2) is 4.39 Å². The monoisotopic (exact) mass is 302 g/mol. The highest BCUT2D eigenvalue weighted by Crippen LogP contribution is 2.21. The van der Waals surface area contributed by atoms with Gasteiger partial charge in [-0.2, -0.15) is 0 Å². The van der Waals surface area contributed by atoms with E-state index in [2.05, 4.69) is 15.9 Å². The van der Waals surface area contributed by atoms with Crippen LogP contribution in [0, 0.1) is 5.82 Å². The first kappa shape index (κ1) is 13.8. The van der Waals surface area contributed by atoms with Crippen molar-refractivity contribution in [2.24, 2.45) is 0 Å². The van der Waals surface area contributed by atoms with Crippen molar-refractivity contribution in [3.05, 3.63) is 34.1 Å². The Morgan fingerprint density at radius 2 is 1.94 bits per heavy atom. The van der Waals surface area contributed by atoms with E-state index in [-0.39, 0.29) is 10.0 Å². The van der Waals surface area contributed by atoms with Gasteiger partial charge in [-0.3, -0.25) is 9.59 Å². The predicted octanol–water partition coefficient (Wildman–Crippen LogP) is 3.11. The van der Waals surface area contributed by atoms with E-state index in [0.717, 1.165) is 6.07 Å². The fourth-order valence-electron chi connectivity index (χ4n) is 1.39. The van der Waals surface area contributed by atoms with E-state index in [1.165, 1.54) is 32.9 Å². The first-order chi connectivity index (χ1) is 7.74. The summed E-state index contributed by atoms with van der Waals surface area (Å²) < 4.78 is 18.5. The lowest BCUT2D eigenvalue weighted by Crippen LogP contribution is -2.36. The summed E-state index contributed by atoms with van der Waals surface area (Å²) in [6, 6.07) is 4.02. The number of hydrogen-bond donors (Lipinski definition) is 0. The number of rotatable bonds is 3. The lowest BCUT2D eigenvalue weighted by Gasteiger charge is -2.22. The van der Waals surface area contributed by atoms with Crippen LogP contribution in [0.3, 0.4) is 0 Å². The predicted molar refractivity (Wildman–Crippen MR) is 64.3 cm³/mol. The fraction of sp³-hybridized carbons (Fsp3) is 0.333. The number of carbonyl (C=O) groups is 2. The molecule has 0 amide bonds. The number of halogens is 2. The zero-order chi connectivity index (χ0) is 13.2. The molecule has 0 aliphatic heterocycles. The van der Waals surface area contributed by atoms with Crippen molar-refractivity contribution >= 4 is 27.7 Å². The Balaban J connectivity index is 3.03. The van der Waals surface area contributed by atoms with E-state index >= 15 is 0 Å². The van der Waals surface area contributed by atoms with Crippen molar-refractivity contribution in [3.63, 3.8) is 0 Å². The molecule has 0 bridgehead atoms. The number of ketones is 1. The Labute approximate surface area is 107 Å². The molecule has 0 unspecified atom stereocenters. The Morgan fingerprint density at radius 1 is 1.35 bits per heavy atom. The number of ether oxygens (including phenoxy) is 1. The molecule has 17 heavy (non-hydrogen) atoms. The van der Waals surface area contributed by atoms with Crippen LogP contribution in [0.15, 0.2) is 22.7 Å². The Bertz CT molecular complexity index is 469. The molecule has 0 atom stereocenters. The molecular weight excluding hydrogens is 291 g/mol. The molecule has 0 aliphatic rings.